The van der Waals surface area contributed by atoms with Gasteiger partial charge < -0.3 is 10.1 Å². The Morgan fingerprint density at radius 3 is 3.00 bits per heavy atom. The van der Waals surface area contributed by atoms with Gasteiger partial charge in [0.05, 0.1) is 10.6 Å². The molecule has 0 amide bonds. The molecule has 1 aromatic carbocycles. The van der Waals surface area contributed by atoms with Gasteiger partial charge in [0.15, 0.2) is 0 Å². The van der Waals surface area contributed by atoms with E-state index in [0.29, 0.717) is 0 Å². The fraction of sp³-hybridized carbons (Fsp3) is 0.538. The fourth-order valence-electron chi connectivity index (χ4n) is 2.10. The van der Waals surface area contributed by atoms with Crippen LogP contribution in [0.2, 0.25) is 5.02 Å². The zero-order valence-corrected chi connectivity index (χ0v) is 12.3. The van der Waals surface area contributed by atoms with Crippen LogP contribution >= 0.6 is 27.5 Å². The van der Waals surface area contributed by atoms with Gasteiger partial charge in [-0.3, -0.25) is 0 Å². The Morgan fingerprint density at radius 1 is 1.53 bits per heavy atom. The normalized spacial score (nSPS) is 24.2. The molecular formula is C13H17BrClNO. The van der Waals surface area contributed by atoms with Crippen LogP contribution in [0.1, 0.15) is 25.3 Å². The molecule has 17 heavy (non-hydrogen) atoms. The molecule has 1 unspecified atom stereocenters. The van der Waals surface area contributed by atoms with Crippen molar-refractivity contribution in [3.05, 3.63) is 33.3 Å². The van der Waals surface area contributed by atoms with E-state index in [2.05, 4.69) is 34.2 Å². The van der Waals surface area contributed by atoms with Gasteiger partial charge in [0, 0.05) is 24.2 Å². The van der Waals surface area contributed by atoms with Crippen molar-refractivity contribution in [2.45, 2.75) is 31.9 Å². The summed E-state index contributed by atoms with van der Waals surface area (Å²) in [7, 11) is 0. The molecule has 2 rings (SSSR count). The predicted molar refractivity (Wildman–Crippen MR) is 74.4 cm³/mol. The maximum atomic E-state index is 6.05. The van der Waals surface area contributed by atoms with Crippen LogP contribution < -0.4 is 5.32 Å². The predicted octanol–water partition coefficient (Wildman–Crippen LogP) is 3.76. The molecular weight excluding hydrogens is 302 g/mol. The Balaban J connectivity index is 1.83. The maximum Gasteiger partial charge on any atom is 0.0779 e. The van der Waals surface area contributed by atoms with Gasteiger partial charge >= 0.3 is 0 Å². The lowest BCUT2D eigenvalue weighted by molar-refractivity contribution is 0.0207. The molecule has 0 aliphatic carbocycles. The quantitative estimate of drug-likeness (QED) is 0.912. The van der Waals surface area contributed by atoms with E-state index in [1.54, 1.807) is 0 Å². The van der Waals surface area contributed by atoms with Crippen molar-refractivity contribution in [1.29, 1.82) is 0 Å². The van der Waals surface area contributed by atoms with E-state index >= 15 is 0 Å². The monoisotopic (exact) mass is 317 g/mol. The second-order valence-electron chi connectivity index (χ2n) is 4.75. The third kappa shape index (κ3) is 3.68. The fourth-order valence-corrected chi connectivity index (χ4v) is 2.55. The first-order chi connectivity index (χ1) is 8.09. The van der Waals surface area contributed by atoms with Crippen molar-refractivity contribution in [1.82, 2.24) is 5.32 Å². The molecule has 4 heteroatoms. The molecule has 94 valence electrons. The number of ether oxygens (including phenoxy) is 1. The molecule has 1 atom stereocenters. The summed E-state index contributed by atoms with van der Waals surface area (Å²) in [5.41, 5.74) is 1.21. The van der Waals surface area contributed by atoms with E-state index in [1.807, 2.05) is 12.1 Å². The van der Waals surface area contributed by atoms with Gasteiger partial charge in [-0.05, 0) is 53.4 Å². The Hall–Kier alpha value is -0.0900. The Labute approximate surface area is 116 Å². The number of benzene rings is 1. The van der Waals surface area contributed by atoms with E-state index in [1.165, 1.54) is 12.0 Å². The lowest BCUT2D eigenvalue weighted by Gasteiger charge is -2.23. The zero-order chi connectivity index (χ0) is 12.3. The minimum atomic E-state index is 0.0131. The highest BCUT2D eigenvalue weighted by Gasteiger charge is 2.28. The van der Waals surface area contributed by atoms with Crippen molar-refractivity contribution in [2.24, 2.45) is 0 Å². The number of rotatable bonds is 4. The number of halogens is 2. The van der Waals surface area contributed by atoms with Crippen molar-refractivity contribution < 1.29 is 4.74 Å². The summed E-state index contributed by atoms with van der Waals surface area (Å²) in [6, 6.07) is 6.03. The number of hydrogen-bond donors (Lipinski definition) is 1. The van der Waals surface area contributed by atoms with E-state index < -0.39 is 0 Å². The molecule has 0 radical (unpaired) electrons. The smallest absolute Gasteiger partial charge is 0.0779 e. The first kappa shape index (κ1) is 13.3. The summed E-state index contributed by atoms with van der Waals surface area (Å²) >= 11 is 9.44. The van der Waals surface area contributed by atoms with Crippen molar-refractivity contribution in [3.8, 4) is 0 Å². The Morgan fingerprint density at radius 2 is 2.35 bits per heavy atom. The molecule has 1 aromatic rings. The molecule has 1 N–H and O–H groups in total. The first-order valence-corrected chi connectivity index (χ1v) is 7.05. The van der Waals surface area contributed by atoms with Gasteiger partial charge in [-0.15, -0.1) is 0 Å². The highest BCUT2D eigenvalue weighted by Crippen LogP contribution is 2.25. The lowest BCUT2D eigenvalue weighted by Crippen LogP contribution is -2.36. The molecule has 2 nitrogen and oxygen atoms in total. The van der Waals surface area contributed by atoms with Crippen LogP contribution in [0, 0.1) is 0 Å². The molecule has 0 saturated carbocycles. The zero-order valence-electron chi connectivity index (χ0n) is 9.93. The van der Waals surface area contributed by atoms with Crippen LogP contribution in [0.5, 0.6) is 0 Å². The van der Waals surface area contributed by atoms with Gasteiger partial charge in [0.25, 0.3) is 0 Å². The molecule has 0 spiro atoms. The minimum absolute atomic E-state index is 0.0131. The van der Waals surface area contributed by atoms with Gasteiger partial charge in [0.1, 0.15) is 0 Å². The third-order valence-corrected chi connectivity index (χ3v) is 4.35. The summed E-state index contributed by atoms with van der Waals surface area (Å²) in [6.07, 6.45) is 2.31. The topological polar surface area (TPSA) is 21.3 Å². The van der Waals surface area contributed by atoms with E-state index in [9.17, 15) is 0 Å². The van der Waals surface area contributed by atoms with Crippen molar-refractivity contribution in [2.75, 3.05) is 13.2 Å². The number of hydrogen-bond acceptors (Lipinski definition) is 2. The van der Waals surface area contributed by atoms with Gasteiger partial charge in [-0.1, -0.05) is 17.7 Å². The molecule has 1 heterocycles. The lowest BCUT2D eigenvalue weighted by atomic mass is 10.0. The van der Waals surface area contributed by atoms with Crippen LogP contribution in [0.3, 0.4) is 0 Å². The SMILES string of the molecule is CC1(CNCc2ccc(Br)c(Cl)c2)CCCO1. The van der Waals surface area contributed by atoms with E-state index in [4.69, 9.17) is 16.3 Å². The number of nitrogens with one attached hydrogen (secondary N) is 1. The highest BCUT2D eigenvalue weighted by molar-refractivity contribution is 9.10. The molecule has 1 aliphatic rings. The molecule has 0 aromatic heterocycles. The van der Waals surface area contributed by atoms with Gasteiger partial charge in [-0.25, -0.2) is 0 Å². The highest BCUT2D eigenvalue weighted by atomic mass is 79.9. The maximum absolute atomic E-state index is 6.05. The second kappa shape index (κ2) is 5.70. The molecule has 1 fully saturated rings. The van der Waals surface area contributed by atoms with Gasteiger partial charge in [0.2, 0.25) is 0 Å². The average Bonchev–Trinajstić information content (AvgIpc) is 2.71. The first-order valence-electron chi connectivity index (χ1n) is 5.88. The van der Waals surface area contributed by atoms with Crippen molar-refractivity contribution >= 4 is 27.5 Å². The third-order valence-electron chi connectivity index (χ3n) is 3.11. The van der Waals surface area contributed by atoms with Crippen LogP contribution in [-0.4, -0.2) is 18.8 Å². The van der Waals surface area contributed by atoms with Crippen LogP contribution in [0.15, 0.2) is 22.7 Å². The van der Waals surface area contributed by atoms with Crippen LogP contribution in [0.4, 0.5) is 0 Å². The average molecular weight is 319 g/mol. The van der Waals surface area contributed by atoms with Crippen LogP contribution in [0.25, 0.3) is 0 Å². The minimum Gasteiger partial charge on any atom is -0.374 e. The summed E-state index contributed by atoms with van der Waals surface area (Å²) in [5.74, 6) is 0. The summed E-state index contributed by atoms with van der Waals surface area (Å²) in [4.78, 5) is 0. The molecule has 0 bridgehead atoms. The van der Waals surface area contributed by atoms with E-state index in [-0.39, 0.29) is 5.60 Å². The van der Waals surface area contributed by atoms with Crippen molar-refractivity contribution in [3.63, 3.8) is 0 Å². The Kier molecular flexibility index (Phi) is 4.47. The Bertz CT molecular complexity index is 391. The van der Waals surface area contributed by atoms with Gasteiger partial charge in [-0.2, -0.15) is 0 Å². The van der Waals surface area contributed by atoms with E-state index in [0.717, 1.165) is 35.6 Å². The second-order valence-corrected chi connectivity index (χ2v) is 6.02. The molecule has 1 saturated heterocycles. The summed E-state index contributed by atoms with van der Waals surface area (Å²) in [6.45, 7) is 4.77. The summed E-state index contributed by atoms with van der Waals surface area (Å²) in [5, 5.41) is 4.19. The summed E-state index contributed by atoms with van der Waals surface area (Å²) < 4.78 is 6.66. The largest absolute Gasteiger partial charge is 0.374 e. The molecule has 1 aliphatic heterocycles. The van der Waals surface area contributed by atoms with Crippen LogP contribution in [-0.2, 0) is 11.3 Å². The standard InChI is InChI=1S/C13H17BrClNO/c1-13(5-2-6-17-13)9-16-8-10-3-4-11(14)12(15)7-10/h3-4,7,16H,2,5-6,8-9H2,1H3.